The molecule has 1 aromatic rings. The molecule has 1 fully saturated rings. The number of aliphatic hydroxyl groups excluding tert-OH is 2. The lowest BCUT2D eigenvalue weighted by molar-refractivity contribution is -0.220. The molecule has 2 rings (SSSR count). The van der Waals surface area contributed by atoms with E-state index >= 15 is 0 Å². The molecule has 0 bridgehead atoms. The van der Waals surface area contributed by atoms with Crippen molar-refractivity contribution in [3.05, 3.63) is 26.5 Å². The van der Waals surface area contributed by atoms with Crippen LogP contribution in [0.3, 0.4) is 0 Å². The number of hydrogen-bond acceptors (Lipinski definition) is 7. The molecule has 9 nitrogen and oxygen atoms in total. The lowest BCUT2D eigenvalue weighted by atomic mass is 10.2. The van der Waals surface area contributed by atoms with Gasteiger partial charge in [0.15, 0.2) is 6.23 Å². The van der Waals surface area contributed by atoms with Crippen LogP contribution >= 0.6 is 0 Å². The molecule has 11 heteroatoms. The van der Waals surface area contributed by atoms with Crippen molar-refractivity contribution in [3.63, 3.8) is 0 Å². The molecule has 0 amide bonds. The van der Waals surface area contributed by atoms with Gasteiger partial charge in [0.05, 0.1) is 19.1 Å². The van der Waals surface area contributed by atoms with E-state index in [-0.39, 0.29) is 6.42 Å². The number of alkyl halides is 2. The van der Waals surface area contributed by atoms with Gasteiger partial charge in [0.1, 0.15) is 11.8 Å². The molecule has 1 saturated heterocycles. The molecule has 0 saturated carbocycles. The van der Waals surface area contributed by atoms with Crippen molar-refractivity contribution >= 4 is 0 Å². The summed E-state index contributed by atoms with van der Waals surface area (Å²) in [6, 6.07) is 0. The van der Waals surface area contributed by atoms with Gasteiger partial charge in [-0.1, -0.05) is 0 Å². The van der Waals surface area contributed by atoms with E-state index in [0.29, 0.717) is 4.68 Å². The molecule has 1 aliphatic heterocycles. The topological polar surface area (TPSA) is 127 Å². The van der Waals surface area contributed by atoms with Crippen LogP contribution < -0.4 is 11.2 Å². The molecular formula is C11H15F2N3O6. The second kappa shape index (κ2) is 6.20. The van der Waals surface area contributed by atoms with Crippen LogP contribution in [-0.2, 0) is 15.9 Å². The summed E-state index contributed by atoms with van der Waals surface area (Å²) in [5.41, 5.74) is -2.64. The first kappa shape index (κ1) is 16.7. The van der Waals surface area contributed by atoms with Gasteiger partial charge < -0.3 is 19.7 Å². The van der Waals surface area contributed by atoms with Gasteiger partial charge >= 0.3 is 11.8 Å². The summed E-state index contributed by atoms with van der Waals surface area (Å²) in [5.74, 6) is 0. The molecular weight excluding hydrogens is 308 g/mol. The number of ether oxygens (including phenoxy) is 2. The van der Waals surface area contributed by atoms with E-state index in [1.54, 1.807) is 0 Å². The van der Waals surface area contributed by atoms with Gasteiger partial charge in [-0.25, -0.2) is 4.79 Å². The highest BCUT2D eigenvalue weighted by molar-refractivity contribution is 4.96. The number of rotatable bonds is 5. The maximum absolute atomic E-state index is 13.2. The molecule has 1 aromatic heterocycles. The lowest BCUT2D eigenvalue weighted by Gasteiger charge is -2.16. The molecule has 0 radical (unpaired) electrons. The Morgan fingerprint density at radius 1 is 1.55 bits per heavy atom. The molecule has 124 valence electrons. The predicted molar refractivity (Wildman–Crippen MR) is 66.4 cm³/mol. The minimum Gasteiger partial charge on any atom is -0.394 e. The Hall–Kier alpha value is -1.69. The van der Waals surface area contributed by atoms with Crippen LogP contribution in [0, 0.1) is 0 Å². The molecule has 22 heavy (non-hydrogen) atoms. The van der Waals surface area contributed by atoms with Gasteiger partial charge in [-0.2, -0.15) is 18.6 Å². The summed E-state index contributed by atoms with van der Waals surface area (Å²) in [6.07, 6.45) is -7.87. The number of aliphatic hydroxyl groups is 2. The quantitative estimate of drug-likeness (QED) is 0.593. The first-order valence-corrected chi connectivity index (χ1v) is 6.37. The molecule has 3 atom stereocenters. The third kappa shape index (κ3) is 3.38. The van der Waals surface area contributed by atoms with E-state index in [9.17, 15) is 23.5 Å². The van der Waals surface area contributed by atoms with Crippen molar-refractivity contribution < 1.29 is 28.5 Å². The third-order valence-electron chi connectivity index (χ3n) is 3.25. The summed E-state index contributed by atoms with van der Waals surface area (Å²) >= 11 is 0. The van der Waals surface area contributed by atoms with Gasteiger partial charge in [-0.3, -0.25) is 9.78 Å². The summed E-state index contributed by atoms with van der Waals surface area (Å²) in [7, 11) is 0.770. The molecule has 1 aliphatic rings. The predicted octanol–water partition coefficient (Wildman–Crippen LogP) is -1.65. The standard InChI is InChI=1S/C11H15F2N3O6/c1-21-11(12,13)3-5-9(19)14-10(20)16(15-5)8-2-6(18)7(4-17)22-8/h6-8,17-18H,2-4H2,1H3,(H,14,19,20)/t6-,7+,8-/m0/s1. The van der Waals surface area contributed by atoms with E-state index in [0.717, 1.165) is 7.11 Å². The van der Waals surface area contributed by atoms with Crippen LogP contribution in [0.2, 0.25) is 0 Å². The Labute approximate surface area is 122 Å². The average Bonchev–Trinajstić information content (AvgIpc) is 2.82. The number of H-pyrrole nitrogens is 1. The zero-order valence-corrected chi connectivity index (χ0v) is 11.5. The third-order valence-corrected chi connectivity index (χ3v) is 3.25. The van der Waals surface area contributed by atoms with Crippen molar-refractivity contribution in [3.8, 4) is 0 Å². The van der Waals surface area contributed by atoms with Crippen LogP contribution in [0.4, 0.5) is 8.78 Å². The highest BCUT2D eigenvalue weighted by Gasteiger charge is 2.37. The van der Waals surface area contributed by atoms with E-state index in [1.165, 1.54) is 0 Å². The van der Waals surface area contributed by atoms with Crippen LogP contribution in [-0.4, -0.2) is 57.0 Å². The number of nitrogens with one attached hydrogen (secondary N) is 1. The van der Waals surface area contributed by atoms with Crippen molar-refractivity contribution in [2.24, 2.45) is 0 Å². The maximum atomic E-state index is 13.2. The lowest BCUT2D eigenvalue weighted by Crippen LogP contribution is -2.39. The number of methoxy groups -OCH3 is 1. The number of aromatic amines is 1. The first-order chi connectivity index (χ1) is 10.3. The Morgan fingerprint density at radius 2 is 2.23 bits per heavy atom. The van der Waals surface area contributed by atoms with Crippen molar-refractivity contribution in [2.45, 2.75) is 37.4 Å². The molecule has 0 unspecified atom stereocenters. The number of nitrogens with zero attached hydrogens (tertiary/aromatic N) is 2. The molecule has 0 aliphatic carbocycles. The van der Waals surface area contributed by atoms with Crippen LogP contribution in [0.1, 0.15) is 18.3 Å². The van der Waals surface area contributed by atoms with Crippen molar-refractivity contribution in [1.82, 2.24) is 14.8 Å². The minimum atomic E-state index is -3.62. The van der Waals surface area contributed by atoms with Gasteiger partial charge in [-0.15, -0.1) is 0 Å². The van der Waals surface area contributed by atoms with Gasteiger partial charge in [0.25, 0.3) is 5.56 Å². The summed E-state index contributed by atoms with van der Waals surface area (Å²) in [5, 5.41) is 22.2. The monoisotopic (exact) mass is 323 g/mol. The first-order valence-electron chi connectivity index (χ1n) is 6.37. The largest absolute Gasteiger partial charge is 0.394 e. The average molecular weight is 323 g/mol. The normalized spacial score (nSPS) is 25.6. The maximum Gasteiger partial charge on any atom is 0.361 e. The Morgan fingerprint density at radius 3 is 2.77 bits per heavy atom. The minimum absolute atomic E-state index is 0.0791. The van der Waals surface area contributed by atoms with Gasteiger partial charge in [0, 0.05) is 13.5 Å². The fourth-order valence-corrected chi connectivity index (χ4v) is 2.05. The number of halogens is 2. The Bertz CT molecular complexity index is 645. The fourth-order valence-electron chi connectivity index (χ4n) is 2.05. The molecule has 3 N–H and O–H groups in total. The molecule has 2 heterocycles. The van der Waals surface area contributed by atoms with Crippen LogP contribution in [0.5, 0.6) is 0 Å². The highest BCUT2D eigenvalue weighted by atomic mass is 19.3. The molecule has 0 aromatic carbocycles. The van der Waals surface area contributed by atoms with E-state index in [4.69, 9.17) is 9.84 Å². The Balaban J connectivity index is 2.34. The van der Waals surface area contributed by atoms with Crippen molar-refractivity contribution in [1.29, 1.82) is 0 Å². The number of aromatic nitrogens is 3. The van der Waals surface area contributed by atoms with E-state index in [1.807, 2.05) is 4.98 Å². The molecule has 0 spiro atoms. The van der Waals surface area contributed by atoms with Gasteiger partial charge in [-0.05, 0) is 0 Å². The van der Waals surface area contributed by atoms with Gasteiger partial charge in [0.2, 0.25) is 0 Å². The van der Waals surface area contributed by atoms with Crippen molar-refractivity contribution in [2.75, 3.05) is 13.7 Å². The second-order valence-electron chi connectivity index (χ2n) is 4.78. The zero-order chi connectivity index (χ0) is 16.5. The summed E-state index contributed by atoms with van der Waals surface area (Å²) < 4.78 is 36.2. The SMILES string of the molecule is COC(F)(F)Cc1nn([C@@H]2C[C@H](O)[C@@H](CO)O2)c(=O)[nH]c1=O. The number of hydrogen-bond donors (Lipinski definition) is 3. The zero-order valence-electron chi connectivity index (χ0n) is 11.5. The Kier molecular flexibility index (Phi) is 4.70. The van der Waals surface area contributed by atoms with Crippen LogP contribution in [0.25, 0.3) is 0 Å². The van der Waals surface area contributed by atoms with E-state index < -0.39 is 54.5 Å². The summed E-state index contributed by atoms with van der Waals surface area (Å²) in [4.78, 5) is 25.1. The van der Waals surface area contributed by atoms with E-state index in [2.05, 4.69) is 9.84 Å². The fraction of sp³-hybridized carbons (Fsp3) is 0.727. The highest BCUT2D eigenvalue weighted by Crippen LogP contribution is 2.26. The van der Waals surface area contributed by atoms with Crippen LogP contribution in [0.15, 0.2) is 9.59 Å². The second-order valence-corrected chi connectivity index (χ2v) is 4.78. The summed E-state index contributed by atoms with van der Waals surface area (Å²) in [6.45, 7) is -0.482. The smallest absolute Gasteiger partial charge is 0.361 e.